The zero-order valence-electron chi connectivity index (χ0n) is 31.9. The van der Waals surface area contributed by atoms with Crippen LogP contribution in [0.2, 0.25) is 0 Å². The number of rotatable bonds is 13. The minimum atomic E-state index is -0.392. The molecule has 0 radical (unpaired) electrons. The Morgan fingerprint density at radius 1 is 0.423 bits per heavy atom. The van der Waals surface area contributed by atoms with Crippen LogP contribution in [-0.2, 0) is 50.1 Å². The van der Waals surface area contributed by atoms with Crippen LogP contribution in [0, 0.1) is 0 Å². The van der Waals surface area contributed by atoms with Crippen molar-refractivity contribution in [1.29, 1.82) is 0 Å². The van der Waals surface area contributed by atoms with Crippen LogP contribution in [0.25, 0.3) is 0 Å². The van der Waals surface area contributed by atoms with Gasteiger partial charge in [-0.05, 0) is 29.2 Å². The molecule has 1 fully saturated rings. The second kappa shape index (κ2) is 28.4. The maximum atomic E-state index is 7.00. The van der Waals surface area contributed by atoms with Gasteiger partial charge in [0.1, 0.15) is 24.4 Å². The van der Waals surface area contributed by atoms with Crippen molar-refractivity contribution in [2.24, 2.45) is 0 Å². The second-order valence-corrected chi connectivity index (χ2v) is 11.3. The van der Waals surface area contributed by atoms with Gasteiger partial charge in [-0.2, -0.15) is 0 Å². The van der Waals surface area contributed by atoms with Crippen LogP contribution in [0.3, 0.4) is 0 Å². The Kier molecular flexibility index (Phi) is 24.1. The molecule has 5 aromatic rings. The van der Waals surface area contributed by atoms with Gasteiger partial charge >= 0.3 is 0 Å². The SMILES string of the molecule is CC.CC.CO.C[C@@H]1O[C@H](COCc2ccccc2)[C@@H](OCc2ccccc2)[C@H](OCc2ccccc2)[C@H]1OCc1ccccc1.c1ccccc1. The molecule has 0 unspecified atom stereocenters. The van der Waals surface area contributed by atoms with Crippen molar-refractivity contribution in [3.63, 3.8) is 0 Å². The van der Waals surface area contributed by atoms with Crippen LogP contribution < -0.4 is 0 Å². The molecule has 1 aliphatic rings. The number of aliphatic hydroxyl groups excluding tert-OH is 1. The first-order valence-electron chi connectivity index (χ1n) is 18.4. The van der Waals surface area contributed by atoms with Gasteiger partial charge in [-0.1, -0.05) is 185 Å². The van der Waals surface area contributed by atoms with E-state index in [0.29, 0.717) is 33.0 Å². The molecule has 1 saturated heterocycles. The highest BCUT2D eigenvalue weighted by molar-refractivity contribution is 5.16. The zero-order chi connectivity index (χ0) is 37.7. The number of benzene rings is 5. The molecule has 0 aromatic heterocycles. The lowest BCUT2D eigenvalue weighted by Gasteiger charge is -2.45. The lowest BCUT2D eigenvalue weighted by atomic mass is 9.94. The van der Waals surface area contributed by atoms with Gasteiger partial charge in [-0.25, -0.2) is 0 Å². The average Bonchev–Trinajstić information content (AvgIpc) is 3.24. The Morgan fingerprint density at radius 3 is 1.08 bits per heavy atom. The van der Waals surface area contributed by atoms with E-state index in [1.165, 1.54) is 0 Å². The van der Waals surface area contributed by atoms with Crippen molar-refractivity contribution in [3.8, 4) is 0 Å². The average molecular weight is 709 g/mol. The molecule has 0 spiro atoms. The normalized spacial score (nSPS) is 18.7. The van der Waals surface area contributed by atoms with Crippen LogP contribution in [-0.4, -0.2) is 49.3 Å². The third-order valence-electron chi connectivity index (χ3n) is 7.78. The summed E-state index contributed by atoms with van der Waals surface area (Å²) >= 11 is 0. The van der Waals surface area contributed by atoms with Gasteiger partial charge in [0.2, 0.25) is 0 Å². The largest absolute Gasteiger partial charge is 0.400 e. The van der Waals surface area contributed by atoms with E-state index in [2.05, 4.69) is 48.5 Å². The lowest BCUT2D eigenvalue weighted by molar-refractivity contribution is -0.269. The minimum absolute atomic E-state index is 0.216. The van der Waals surface area contributed by atoms with Gasteiger partial charge < -0.3 is 28.8 Å². The number of aliphatic hydroxyl groups is 1. The quantitative estimate of drug-likeness (QED) is 0.131. The molecule has 5 aromatic carbocycles. The van der Waals surface area contributed by atoms with E-state index in [1.807, 2.05) is 144 Å². The summed E-state index contributed by atoms with van der Waals surface area (Å²) in [6.45, 7) is 12.3. The first-order chi connectivity index (χ1) is 25.8. The molecule has 1 N–H and O–H groups in total. The molecule has 6 heteroatoms. The van der Waals surface area contributed by atoms with Crippen molar-refractivity contribution < 1.29 is 28.8 Å². The third kappa shape index (κ3) is 16.5. The molecule has 280 valence electrons. The summed E-state index contributed by atoms with van der Waals surface area (Å²) < 4.78 is 32.5. The molecular formula is C46H60O6. The van der Waals surface area contributed by atoms with Gasteiger partial charge in [-0.15, -0.1) is 0 Å². The Labute approximate surface area is 313 Å². The predicted molar refractivity (Wildman–Crippen MR) is 213 cm³/mol. The molecule has 1 aliphatic heterocycles. The minimum Gasteiger partial charge on any atom is -0.400 e. The number of ether oxygens (including phenoxy) is 5. The highest BCUT2D eigenvalue weighted by Gasteiger charge is 2.46. The molecule has 0 amide bonds. The number of hydrogen-bond donors (Lipinski definition) is 1. The molecule has 52 heavy (non-hydrogen) atoms. The van der Waals surface area contributed by atoms with Crippen LogP contribution in [0.4, 0.5) is 0 Å². The van der Waals surface area contributed by atoms with Gasteiger partial charge in [0.05, 0.1) is 39.1 Å². The third-order valence-corrected chi connectivity index (χ3v) is 7.78. The Hall–Kier alpha value is -4.14. The van der Waals surface area contributed by atoms with Crippen LogP contribution >= 0.6 is 0 Å². The predicted octanol–water partition coefficient (Wildman–Crippen LogP) is 10.1. The van der Waals surface area contributed by atoms with Gasteiger partial charge in [0.25, 0.3) is 0 Å². The Bertz CT molecular complexity index is 1450. The summed E-state index contributed by atoms with van der Waals surface area (Å²) in [5, 5.41) is 7.00. The fraction of sp³-hybridized carbons (Fsp3) is 0.348. The van der Waals surface area contributed by atoms with Gasteiger partial charge in [-0.3, -0.25) is 0 Å². The molecule has 0 bridgehead atoms. The maximum absolute atomic E-state index is 7.00. The molecule has 0 saturated carbocycles. The van der Waals surface area contributed by atoms with E-state index < -0.39 is 6.10 Å². The monoisotopic (exact) mass is 708 g/mol. The van der Waals surface area contributed by atoms with Gasteiger partial charge in [0, 0.05) is 7.11 Å². The fourth-order valence-electron chi connectivity index (χ4n) is 5.40. The number of hydrogen-bond acceptors (Lipinski definition) is 6. The Balaban J connectivity index is 0.000000681. The summed E-state index contributed by atoms with van der Waals surface area (Å²) in [5.74, 6) is 0. The van der Waals surface area contributed by atoms with Crippen LogP contribution in [0.1, 0.15) is 56.9 Å². The zero-order valence-corrected chi connectivity index (χ0v) is 31.9. The van der Waals surface area contributed by atoms with Crippen LogP contribution in [0.15, 0.2) is 158 Å². The molecule has 0 aliphatic carbocycles. The molecular weight excluding hydrogens is 648 g/mol. The van der Waals surface area contributed by atoms with E-state index in [9.17, 15) is 0 Å². The van der Waals surface area contributed by atoms with E-state index in [4.69, 9.17) is 28.8 Å². The van der Waals surface area contributed by atoms with Crippen molar-refractivity contribution in [2.75, 3.05) is 13.7 Å². The molecule has 6 nitrogen and oxygen atoms in total. The topological polar surface area (TPSA) is 66.4 Å². The maximum Gasteiger partial charge on any atom is 0.115 e. The van der Waals surface area contributed by atoms with Crippen molar-refractivity contribution in [3.05, 3.63) is 180 Å². The molecule has 1 heterocycles. The highest BCUT2D eigenvalue weighted by Crippen LogP contribution is 2.31. The summed E-state index contributed by atoms with van der Waals surface area (Å²) in [7, 11) is 1.00. The standard InChI is InChI=1S/C35H38O5.C6H6.2C2H6.CH4O/c1-27-33(37-23-29-16-8-3-9-17-29)35(39-25-31-20-12-5-13-21-31)34(38-24-30-18-10-4-11-19-30)32(40-27)26-36-22-28-14-6-2-7-15-28;1-2-4-6-5-3-1;3*1-2/h2-21,27,32-35H,22-26H2,1H3;1-6H;2*1-2H3;2H,1H3/t27-,32+,33-,34+,35+;;;;/m0..../s1. The fourth-order valence-corrected chi connectivity index (χ4v) is 5.40. The van der Waals surface area contributed by atoms with Crippen molar-refractivity contribution in [2.45, 2.75) is 91.6 Å². The summed E-state index contributed by atoms with van der Waals surface area (Å²) in [5.41, 5.74) is 4.41. The van der Waals surface area contributed by atoms with E-state index in [0.717, 1.165) is 29.4 Å². The second-order valence-electron chi connectivity index (χ2n) is 11.3. The Morgan fingerprint density at radius 2 is 0.712 bits per heavy atom. The van der Waals surface area contributed by atoms with Crippen molar-refractivity contribution >= 4 is 0 Å². The lowest BCUT2D eigenvalue weighted by Crippen LogP contribution is -2.60. The first-order valence-corrected chi connectivity index (χ1v) is 18.4. The van der Waals surface area contributed by atoms with Gasteiger partial charge in [0.15, 0.2) is 0 Å². The summed E-state index contributed by atoms with van der Waals surface area (Å²) in [6.07, 6.45) is -1.61. The summed E-state index contributed by atoms with van der Waals surface area (Å²) in [6, 6.07) is 52.8. The smallest absolute Gasteiger partial charge is 0.115 e. The van der Waals surface area contributed by atoms with Crippen molar-refractivity contribution in [1.82, 2.24) is 0 Å². The molecule has 5 atom stereocenters. The van der Waals surface area contributed by atoms with E-state index in [1.54, 1.807) is 0 Å². The van der Waals surface area contributed by atoms with Crippen LogP contribution in [0.5, 0.6) is 0 Å². The summed E-state index contributed by atoms with van der Waals surface area (Å²) in [4.78, 5) is 0. The molecule has 6 rings (SSSR count). The van der Waals surface area contributed by atoms with E-state index in [-0.39, 0.29) is 24.4 Å². The first kappa shape index (κ1) is 44.0. The highest BCUT2D eigenvalue weighted by atomic mass is 16.6. The van der Waals surface area contributed by atoms with E-state index >= 15 is 0 Å².